The van der Waals surface area contributed by atoms with E-state index in [1.54, 1.807) is 23.0 Å². The van der Waals surface area contributed by atoms with Crippen LogP contribution in [0.1, 0.15) is 49.9 Å². The third kappa shape index (κ3) is 5.36. The van der Waals surface area contributed by atoms with E-state index in [1.807, 2.05) is 69.5 Å². The fraction of sp³-hybridized carbons (Fsp3) is 0.269. The minimum atomic E-state index is -1.10. The van der Waals surface area contributed by atoms with Crippen LogP contribution in [0.2, 0.25) is 0 Å². The van der Waals surface area contributed by atoms with Gasteiger partial charge in [-0.1, -0.05) is 32.9 Å². The number of aliphatic hydroxyl groups excluding tert-OH is 1. The molecule has 0 radical (unpaired) electrons. The predicted molar refractivity (Wildman–Crippen MR) is 137 cm³/mol. The summed E-state index contributed by atoms with van der Waals surface area (Å²) in [5.41, 5.74) is 1.56. The molecule has 3 heterocycles. The molecular weight excluding hydrogens is 464 g/mol. The van der Waals surface area contributed by atoms with E-state index >= 15 is 0 Å². The third-order valence-electron chi connectivity index (χ3n) is 5.38. The van der Waals surface area contributed by atoms with Crippen molar-refractivity contribution in [1.82, 2.24) is 14.8 Å². The van der Waals surface area contributed by atoms with Gasteiger partial charge in [0, 0.05) is 28.8 Å². The number of benzene rings is 1. The van der Waals surface area contributed by atoms with Crippen LogP contribution in [0, 0.1) is 5.41 Å². The number of aromatic carboxylic acids is 1. The smallest absolute Gasteiger partial charge is 0.339 e. The van der Waals surface area contributed by atoms with E-state index in [0.717, 1.165) is 10.4 Å². The maximum atomic E-state index is 12.0. The number of nitrogens with zero attached hydrogens (tertiary/aromatic N) is 3. The van der Waals surface area contributed by atoms with E-state index < -0.39 is 17.5 Å². The molecule has 0 aliphatic carbocycles. The highest BCUT2D eigenvalue weighted by atomic mass is 32.1. The molecule has 1 atom stereocenters. The maximum Gasteiger partial charge on any atom is 0.339 e. The van der Waals surface area contributed by atoms with Gasteiger partial charge in [0.05, 0.1) is 18.0 Å². The summed E-state index contributed by atoms with van der Waals surface area (Å²) in [6.45, 7) is 8.25. The van der Waals surface area contributed by atoms with Crippen LogP contribution in [-0.2, 0) is 0 Å². The highest BCUT2D eigenvalue weighted by Gasteiger charge is 2.29. The lowest BCUT2D eigenvalue weighted by molar-refractivity contribution is 0.0568. The summed E-state index contributed by atoms with van der Waals surface area (Å²) in [7, 11) is 0. The van der Waals surface area contributed by atoms with E-state index in [4.69, 9.17) is 4.74 Å². The third-order valence-corrected chi connectivity index (χ3v) is 6.30. The number of aromatic nitrogens is 3. The molecule has 0 bridgehead atoms. The van der Waals surface area contributed by atoms with Gasteiger partial charge in [-0.25, -0.2) is 14.5 Å². The van der Waals surface area contributed by atoms with Crippen LogP contribution in [0.4, 0.5) is 11.6 Å². The van der Waals surface area contributed by atoms with Crippen molar-refractivity contribution in [3.8, 4) is 21.9 Å². The van der Waals surface area contributed by atoms with Crippen LogP contribution in [-0.4, -0.2) is 37.6 Å². The molecule has 4 aromatic rings. The number of ether oxygens (including phenoxy) is 1. The molecule has 0 spiro atoms. The second-order valence-corrected chi connectivity index (χ2v) is 10.0. The average molecular weight is 493 g/mol. The lowest BCUT2D eigenvalue weighted by Gasteiger charge is -2.26. The summed E-state index contributed by atoms with van der Waals surface area (Å²) in [6.07, 6.45) is 0.794. The molecule has 3 aromatic heterocycles. The second-order valence-electron chi connectivity index (χ2n) is 9.09. The molecule has 8 nitrogen and oxygen atoms in total. The Morgan fingerprint density at radius 2 is 2.00 bits per heavy atom. The zero-order valence-corrected chi connectivity index (χ0v) is 20.8. The van der Waals surface area contributed by atoms with Crippen molar-refractivity contribution in [1.29, 1.82) is 0 Å². The number of thiophene rings is 1. The zero-order chi connectivity index (χ0) is 25.2. The summed E-state index contributed by atoms with van der Waals surface area (Å²) in [6, 6.07) is 14.6. The van der Waals surface area contributed by atoms with Crippen LogP contribution >= 0.6 is 11.3 Å². The zero-order valence-electron chi connectivity index (χ0n) is 20.0. The van der Waals surface area contributed by atoms with Crippen molar-refractivity contribution < 1.29 is 19.7 Å². The SMILES string of the molecule is CCOc1cccc(-n2nc(Nc3ncc(-c4cccs4)cc3C(=O)O)cc2C(O)C(C)(C)C)c1. The van der Waals surface area contributed by atoms with E-state index in [9.17, 15) is 15.0 Å². The molecule has 4 rings (SSSR count). The number of aliphatic hydroxyl groups is 1. The van der Waals surface area contributed by atoms with Gasteiger partial charge in [0.1, 0.15) is 23.2 Å². The Bertz CT molecular complexity index is 1330. The molecule has 0 saturated heterocycles. The summed E-state index contributed by atoms with van der Waals surface area (Å²) in [5, 5.41) is 30.5. The number of carboxylic acid groups (broad SMARTS) is 1. The monoisotopic (exact) mass is 492 g/mol. The first kappa shape index (κ1) is 24.4. The molecule has 182 valence electrons. The summed E-state index contributed by atoms with van der Waals surface area (Å²) in [5.74, 6) is 0.119. The van der Waals surface area contributed by atoms with E-state index in [1.165, 1.54) is 11.3 Å². The van der Waals surface area contributed by atoms with Crippen molar-refractivity contribution in [3.05, 3.63) is 71.4 Å². The number of carboxylic acids is 1. The summed E-state index contributed by atoms with van der Waals surface area (Å²) >= 11 is 1.51. The number of hydrogen-bond donors (Lipinski definition) is 3. The quantitative estimate of drug-likeness (QED) is 0.280. The van der Waals surface area contributed by atoms with Crippen molar-refractivity contribution in [2.45, 2.75) is 33.8 Å². The molecule has 0 aliphatic heterocycles. The fourth-order valence-electron chi connectivity index (χ4n) is 3.60. The molecule has 35 heavy (non-hydrogen) atoms. The molecule has 1 aromatic carbocycles. The molecule has 1 unspecified atom stereocenters. The van der Waals surface area contributed by atoms with E-state index in [-0.39, 0.29) is 11.4 Å². The molecule has 0 saturated carbocycles. The average Bonchev–Trinajstić information content (AvgIpc) is 3.49. The van der Waals surface area contributed by atoms with Gasteiger partial charge >= 0.3 is 5.97 Å². The van der Waals surface area contributed by atoms with Crippen LogP contribution in [0.3, 0.4) is 0 Å². The largest absolute Gasteiger partial charge is 0.494 e. The Hall–Kier alpha value is -3.69. The van der Waals surface area contributed by atoms with Gasteiger partial charge in [0.15, 0.2) is 5.82 Å². The maximum absolute atomic E-state index is 12.0. The van der Waals surface area contributed by atoms with Crippen molar-refractivity contribution in [2.24, 2.45) is 5.41 Å². The summed E-state index contributed by atoms with van der Waals surface area (Å²) < 4.78 is 7.27. The lowest BCUT2D eigenvalue weighted by atomic mass is 9.87. The van der Waals surface area contributed by atoms with Crippen LogP contribution in [0.15, 0.2) is 60.1 Å². The number of carbonyl (C=O) groups is 1. The van der Waals surface area contributed by atoms with Gasteiger partial charge in [-0.05, 0) is 42.0 Å². The number of pyridine rings is 1. The standard InChI is InChI=1S/C26H28N4O4S/c1-5-34-18-9-6-8-17(13-18)30-20(23(31)26(2,3)4)14-22(29-30)28-24-19(25(32)33)12-16(15-27-24)21-10-7-11-35-21/h6-15,23,31H,5H2,1-4H3,(H,32,33)(H,27,28,29). The van der Waals surface area contributed by atoms with Gasteiger partial charge in [-0.2, -0.15) is 0 Å². The molecule has 0 aliphatic rings. The number of rotatable bonds is 8. The summed E-state index contributed by atoms with van der Waals surface area (Å²) in [4.78, 5) is 17.3. The Labute approximate surface area is 207 Å². The van der Waals surface area contributed by atoms with Crippen LogP contribution in [0.5, 0.6) is 5.75 Å². The normalized spacial score (nSPS) is 12.4. The molecule has 9 heteroatoms. The highest BCUT2D eigenvalue weighted by molar-refractivity contribution is 7.13. The van der Waals surface area contributed by atoms with Crippen LogP contribution in [0.25, 0.3) is 16.1 Å². The molecular formula is C26H28N4O4S. The van der Waals surface area contributed by atoms with Gasteiger partial charge in [-0.3, -0.25) is 0 Å². The Kier molecular flexibility index (Phi) is 6.90. The second kappa shape index (κ2) is 9.89. The van der Waals surface area contributed by atoms with Crippen molar-refractivity contribution >= 4 is 28.9 Å². The first-order valence-corrected chi connectivity index (χ1v) is 12.1. The molecule has 0 amide bonds. The Morgan fingerprint density at radius 1 is 1.20 bits per heavy atom. The number of nitrogens with one attached hydrogen (secondary N) is 1. The van der Waals surface area contributed by atoms with Gasteiger partial charge in [0.2, 0.25) is 0 Å². The molecule has 3 N–H and O–H groups in total. The van der Waals surface area contributed by atoms with E-state index in [2.05, 4.69) is 15.4 Å². The van der Waals surface area contributed by atoms with Crippen molar-refractivity contribution in [3.63, 3.8) is 0 Å². The number of anilines is 2. The van der Waals surface area contributed by atoms with Crippen molar-refractivity contribution in [2.75, 3.05) is 11.9 Å². The number of hydrogen-bond acceptors (Lipinski definition) is 7. The van der Waals surface area contributed by atoms with Crippen LogP contribution < -0.4 is 10.1 Å². The fourth-order valence-corrected chi connectivity index (χ4v) is 4.31. The van der Waals surface area contributed by atoms with E-state index in [0.29, 0.717) is 29.6 Å². The molecule has 0 fully saturated rings. The van der Waals surface area contributed by atoms with Gasteiger partial charge < -0.3 is 20.3 Å². The minimum Gasteiger partial charge on any atom is -0.494 e. The first-order chi connectivity index (χ1) is 16.7. The van der Waals surface area contributed by atoms with Gasteiger partial charge in [0.25, 0.3) is 0 Å². The lowest BCUT2D eigenvalue weighted by Crippen LogP contribution is -2.21. The first-order valence-electron chi connectivity index (χ1n) is 11.2. The Balaban J connectivity index is 1.76. The minimum absolute atomic E-state index is 0.0294. The predicted octanol–water partition coefficient (Wildman–Crippen LogP) is 5.92. The topological polar surface area (TPSA) is 110 Å². The Morgan fingerprint density at radius 3 is 2.66 bits per heavy atom. The highest BCUT2D eigenvalue weighted by Crippen LogP contribution is 2.36. The van der Waals surface area contributed by atoms with Gasteiger partial charge in [-0.15, -0.1) is 16.4 Å².